The molecule has 0 fully saturated rings. The topological polar surface area (TPSA) is 89.8 Å². The van der Waals surface area contributed by atoms with Crippen LogP contribution < -0.4 is 4.72 Å². The molecule has 0 aliphatic heterocycles. The second-order valence-corrected chi connectivity index (χ2v) is 5.95. The molecule has 0 radical (unpaired) electrons. The van der Waals surface area contributed by atoms with Crippen molar-refractivity contribution in [2.75, 3.05) is 4.72 Å². The molecule has 2 heterocycles. The number of nitrogens with one attached hydrogen (secondary N) is 1. The van der Waals surface area contributed by atoms with E-state index in [2.05, 4.69) is 35.9 Å². The summed E-state index contributed by atoms with van der Waals surface area (Å²) in [6.07, 6.45) is 3.09. The third-order valence-corrected chi connectivity index (χ3v) is 4.51. The molecule has 7 nitrogen and oxygen atoms in total. The van der Waals surface area contributed by atoms with Crippen molar-refractivity contribution in [1.29, 1.82) is 0 Å². The van der Waals surface area contributed by atoms with E-state index in [0.717, 1.165) is 5.56 Å². The van der Waals surface area contributed by atoms with Crippen LogP contribution in [0, 0.1) is 6.92 Å². The highest BCUT2D eigenvalue weighted by molar-refractivity contribution is 9.10. The number of hydrogen-bond donors (Lipinski definition) is 1. The van der Waals surface area contributed by atoms with Gasteiger partial charge in [0, 0.05) is 19.4 Å². The van der Waals surface area contributed by atoms with Gasteiger partial charge in [-0.15, -0.1) is 5.10 Å². The molecule has 2 rings (SSSR count). The van der Waals surface area contributed by atoms with Crippen LogP contribution in [-0.2, 0) is 17.1 Å². The Balaban J connectivity index is 2.43. The first-order valence-corrected chi connectivity index (χ1v) is 7.18. The minimum Gasteiger partial charge on any atom is -0.278 e. The fraction of sp³-hybridized carbons (Fsp3) is 0.222. The van der Waals surface area contributed by atoms with Crippen molar-refractivity contribution in [2.45, 2.75) is 11.9 Å². The van der Waals surface area contributed by atoms with Gasteiger partial charge in [0.15, 0.2) is 4.60 Å². The standard InChI is InChI=1S/C9H10BrN5O2S/c1-6-5-11-4-3-7(6)13-18(16,17)9-8(10)12-14-15(9)2/h3-5H,1-2H3,(H,11,13). The normalized spacial score (nSPS) is 11.5. The molecule has 0 unspecified atom stereocenters. The van der Waals surface area contributed by atoms with Crippen LogP contribution in [0.25, 0.3) is 0 Å². The van der Waals surface area contributed by atoms with E-state index in [9.17, 15) is 8.42 Å². The van der Waals surface area contributed by atoms with E-state index in [1.54, 1.807) is 19.2 Å². The molecule has 96 valence electrons. The van der Waals surface area contributed by atoms with E-state index in [1.165, 1.54) is 17.9 Å². The van der Waals surface area contributed by atoms with Gasteiger partial charge in [-0.05, 0) is 34.5 Å². The van der Waals surface area contributed by atoms with Gasteiger partial charge in [-0.25, -0.2) is 4.68 Å². The molecule has 0 amide bonds. The zero-order valence-corrected chi connectivity index (χ0v) is 12.0. The molecule has 0 aliphatic carbocycles. The van der Waals surface area contributed by atoms with Crippen LogP contribution in [0.2, 0.25) is 0 Å². The van der Waals surface area contributed by atoms with E-state index < -0.39 is 10.0 Å². The second kappa shape index (κ2) is 4.65. The average Bonchev–Trinajstić information content (AvgIpc) is 2.62. The maximum absolute atomic E-state index is 12.2. The zero-order chi connectivity index (χ0) is 13.3. The Morgan fingerprint density at radius 1 is 1.44 bits per heavy atom. The number of aryl methyl sites for hydroxylation is 2. The van der Waals surface area contributed by atoms with Gasteiger partial charge in [-0.1, -0.05) is 5.21 Å². The minimum absolute atomic E-state index is 0.0290. The summed E-state index contributed by atoms with van der Waals surface area (Å²) in [6, 6.07) is 1.59. The van der Waals surface area contributed by atoms with Crippen LogP contribution in [-0.4, -0.2) is 28.4 Å². The summed E-state index contributed by atoms with van der Waals surface area (Å²) >= 11 is 3.06. The van der Waals surface area contributed by atoms with Crippen LogP contribution in [0.15, 0.2) is 28.1 Å². The number of anilines is 1. The second-order valence-electron chi connectivity index (χ2n) is 3.61. The number of nitrogens with zero attached hydrogens (tertiary/aromatic N) is 4. The van der Waals surface area contributed by atoms with Gasteiger partial charge >= 0.3 is 0 Å². The fourth-order valence-electron chi connectivity index (χ4n) is 1.39. The first kappa shape index (κ1) is 13.0. The van der Waals surface area contributed by atoms with E-state index in [0.29, 0.717) is 5.69 Å². The Kier molecular flexibility index (Phi) is 3.35. The van der Waals surface area contributed by atoms with Crippen molar-refractivity contribution in [3.05, 3.63) is 28.6 Å². The monoisotopic (exact) mass is 331 g/mol. The Bertz CT molecular complexity index is 663. The molecular formula is C9H10BrN5O2S. The van der Waals surface area contributed by atoms with E-state index in [4.69, 9.17) is 0 Å². The fourth-order valence-corrected chi connectivity index (χ4v) is 3.62. The lowest BCUT2D eigenvalue weighted by Crippen LogP contribution is -2.17. The summed E-state index contributed by atoms with van der Waals surface area (Å²) in [5, 5.41) is 7.25. The maximum Gasteiger partial charge on any atom is 0.281 e. The van der Waals surface area contributed by atoms with Crippen LogP contribution in [0.4, 0.5) is 5.69 Å². The largest absolute Gasteiger partial charge is 0.281 e. The predicted molar refractivity (Wildman–Crippen MR) is 68.5 cm³/mol. The zero-order valence-electron chi connectivity index (χ0n) is 9.62. The molecule has 9 heteroatoms. The summed E-state index contributed by atoms with van der Waals surface area (Å²) in [7, 11) is -2.23. The Labute approximate surface area is 112 Å². The Morgan fingerprint density at radius 3 is 2.72 bits per heavy atom. The first-order chi connectivity index (χ1) is 8.42. The minimum atomic E-state index is -3.74. The highest BCUT2D eigenvalue weighted by Gasteiger charge is 2.24. The van der Waals surface area contributed by atoms with E-state index in [-0.39, 0.29) is 9.63 Å². The molecule has 18 heavy (non-hydrogen) atoms. The van der Waals surface area contributed by atoms with Gasteiger partial charge in [0.25, 0.3) is 10.0 Å². The highest BCUT2D eigenvalue weighted by atomic mass is 79.9. The van der Waals surface area contributed by atoms with E-state index >= 15 is 0 Å². The maximum atomic E-state index is 12.2. The molecule has 0 saturated heterocycles. The lowest BCUT2D eigenvalue weighted by molar-refractivity contribution is 0.578. The number of aromatic nitrogens is 4. The summed E-state index contributed by atoms with van der Waals surface area (Å²) in [6.45, 7) is 1.77. The quantitative estimate of drug-likeness (QED) is 0.908. The van der Waals surface area contributed by atoms with Crippen LogP contribution >= 0.6 is 15.9 Å². The highest BCUT2D eigenvalue weighted by Crippen LogP contribution is 2.22. The number of sulfonamides is 1. The summed E-state index contributed by atoms with van der Waals surface area (Å²) < 4.78 is 28.2. The summed E-state index contributed by atoms with van der Waals surface area (Å²) in [4.78, 5) is 3.90. The predicted octanol–water partition coefficient (Wildman–Crippen LogP) is 1.08. The molecule has 0 spiro atoms. The Hall–Kier alpha value is -1.48. The average molecular weight is 332 g/mol. The molecule has 1 N–H and O–H groups in total. The van der Waals surface area contributed by atoms with Crippen molar-refractivity contribution in [2.24, 2.45) is 7.05 Å². The van der Waals surface area contributed by atoms with Gasteiger partial charge < -0.3 is 0 Å². The number of rotatable bonds is 3. The molecule has 0 bridgehead atoms. The van der Waals surface area contributed by atoms with Gasteiger partial charge in [0.1, 0.15) is 0 Å². The number of pyridine rings is 1. The molecule has 0 saturated carbocycles. The van der Waals surface area contributed by atoms with Crippen LogP contribution in [0.3, 0.4) is 0 Å². The van der Waals surface area contributed by atoms with Crippen molar-refractivity contribution in [1.82, 2.24) is 20.0 Å². The van der Waals surface area contributed by atoms with Crippen molar-refractivity contribution in [3.8, 4) is 0 Å². The van der Waals surface area contributed by atoms with E-state index in [1.807, 2.05) is 0 Å². The Morgan fingerprint density at radius 2 is 2.17 bits per heavy atom. The summed E-state index contributed by atoms with van der Waals surface area (Å²) in [5.41, 5.74) is 1.20. The SMILES string of the molecule is Cc1cnccc1NS(=O)(=O)c1c(Br)nnn1C. The van der Waals surface area contributed by atoms with Crippen molar-refractivity contribution in [3.63, 3.8) is 0 Å². The molecule has 2 aromatic rings. The molecule has 2 aromatic heterocycles. The van der Waals surface area contributed by atoms with Crippen LogP contribution in [0.1, 0.15) is 5.56 Å². The number of hydrogen-bond acceptors (Lipinski definition) is 5. The first-order valence-electron chi connectivity index (χ1n) is 4.90. The molecule has 0 aromatic carbocycles. The van der Waals surface area contributed by atoms with Crippen molar-refractivity contribution >= 4 is 31.6 Å². The lowest BCUT2D eigenvalue weighted by atomic mass is 10.3. The van der Waals surface area contributed by atoms with Gasteiger partial charge in [0.05, 0.1) is 5.69 Å². The third-order valence-electron chi connectivity index (χ3n) is 2.26. The van der Waals surface area contributed by atoms with Crippen LogP contribution in [0.5, 0.6) is 0 Å². The molecule has 0 atom stereocenters. The molecular weight excluding hydrogens is 322 g/mol. The van der Waals surface area contributed by atoms with Gasteiger partial charge in [-0.2, -0.15) is 8.42 Å². The van der Waals surface area contributed by atoms with Crippen molar-refractivity contribution < 1.29 is 8.42 Å². The smallest absolute Gasteiger partial charge is 0.278 e. The summed E-state index contributed by atoms with van der Waals surface area (Å²) in [5.74, 6) is 0. The lowest BCUT2D eigenvalue weighted by Gasteiger charge is -2.09. The molecule has 0 aliphatic rings. The van der Waals surface area contributed by atoms with Gasteiger partial charge in [0.2, 0.25) is 5.03 Å². The third kappa shape index (κ3) is 2.36. The number of halogens is 1. The van der Waals surface area contributed by atoms with Gasteiger partial charge in [-0.3, -0.25) is 9.71 Å².